The summed E-state index contributed by atoms with van der Waals surface area (Å²) < 4.78 is 12.5. The van der Waals surface area contributed by atoms with Crippen molar-refractivity contribution in [2.24, 2.45) is 5.10 Å². The third-order valence-electron chi connectivity index (χ3n) is 3.38. The minimum Gasteiger partial charge on any atom is -0.493 e. The Morgan fingerprint density at radius 3 is 2.71 bits per heavy atom. The third-order valence-corrected chi connectivity index (χ3v) is 3.38. The smallest absolute Gasteiger partial charge is 0.184 e. The molecule has 122 valence electrons. The van der Waals surface area contributed by atoms with Crippen LogP contribution in [-0.2, 0) is 0 Å². The summed E-state index contributed by atoms with van der Waals surface area (Å²) in [5.74, 6) is 2.07. The Bertz CT molecular complexity index is 828. The number of rotatable bonds is 6. The molecule has 2 aromatic carbocycles. The topological polar surface area (TPSA) is 61.5 Å². The highest BCUT2D eigenvalue weighted by Gasteiger charge is 2.06. The molecule has 0 aliphatic rings. The molecule has 24 heavy (non-hydrogen) atoms. The van der Waals surface area contributed by atoms with E-state index in [1.54, 1.807) is 24.3 Å². The summed E-state index contributed by atoms with van der Waals surface area (Å²) in [4.78, 5) is 0. The quantitative estimate of drug-likeness (QED) is 0.654. The molecule has 0 fully saturated rings. The normalized spacial score (nSPS) is 10.9. The van der Waals surface area contributed by atoms with Gasteiger partial charge in [0.25, 0.3) is 0 Å². The van der Waals surface area contributed by atoms with Crippen molar-refractivity contribution in [3.05, 3.63) is 60.4 Å². The van der Waals surface area contributed by atoms with Gasteiger partial charge in [0.15, 0.2) is 17.3 Å². The summed E-state index contributed by atoms with van der Waals surface area (Å²) >= 11 is 0. The monoisotopic (exact) mass is 322 g/mol. The first-order valence-corrected chi connectivity index (χ1v) is 7.62. The van der Waals surface area contributed by atoms with Gasteiger partial charge in [-0.15, -0.1) is 10.2 Å². The van der Waals surface area contributed by atoms with Gasteiger partial charge in [-0.25, -0.2) is 0 Å². The van der Waals surface area contributed by atoms with Crippen molar-refractivity contribution in [3.63, 3.8) is 0 Å². The SMILES string of the molecule is CCOc1ccc(/C=N\n2cnnc2-c2ccccc2)cc1OC. The number of hydrogen-bond donors (Lipinski definition) is 0. The number of methoxy groups -OCH3 is 1. The summed E-state index contributed by atoms with van der Waals surface area (Å²) in [6, 6.07) is 15.5. The zero-order valence-corrected chi connectivity index (χ0v) is 13.6. The van der Waals surface area contributed by atoms with Crippen LogP contribution in [0.3, 0.4) is 0 Å². The third kappa shape index (κ3) is 3.43. The van der Waals surface area contributed by atoms with Crippen LogP contribution in [0.1, 0.15) is 12.5 Å². The molecule has 0 aliphatic heterocycles. The first-order valence-electron chi connectivity index (χ1n) is 7.62. The molecule has 6 nitrogen and oxygen atoms in total. The van der Waals surface area contributed by atoms with Gasteiger partial charge < -0.3 is 9.47 Å². The molecule has 0 N–H and O–H groups in total. The average Bonchev–Trinajstić information content (AvgIpc) is 3.10. The van der Waals surface area contributed by atoms with Gasteiger partial charge in [0, 0.05) is 5.56 Å². The largest absolute Gasteiger partial charge is 0.493 e. The summed E-state index contributed by atoms with van der Waals surface area (Å²) in [5.41, 5.74) is 1.85. The molecule has 0 saturated carbocycles. The number of ether oxygens (including phenoxy) is 2. The lowest BCUT2D eigenvalue weighted by molar-refractivity contribution is 0.311. The highest BCUT2D eigenvalue weighted by Crippen LogP contribution is 2.27. The fourth-order valence-corrected chi connectivity index (χ4v) is 2.26. The van der Waals surface area contributed by atoms with Crippen LogP contribution in [0, 0.1) is 0 Å². The Balaban J connectivity index is 1.86. The molecular weight excluding hydrogens is 304 g/mol. The second-order valence-electron chi connectivity index (χ2n) is 4.95. The molecule has 0 amide bonds. The predicted molar refractivity (Wildman–Crippen MR) is 92.6 cm³/mol. The van der Waals surface area contributed by atoms with E-state index >= 15 is 0 Å². The minimum atomic E-state index is 0.588. The van der Waals surface area contributed by atoms with Gasteiger partial charge in [-0.3, -0.25) is 0 Å². The fourth-order valence-electron chi connectivity index (χ4n) is 2.26. The number of benzene rings is 2. The van der Waals surface area contributed by atoms with E-state index < -0.39 is 0 Å². The molecule has 0 unspecified atom stereocenters. The Morgan fingerprint density at radius 1 is 1.12 bits per heavy atom. The summed E-state index contributed by atoms with van der Waals surface area (Å²) in [6.07, 6.45) is 3.30. The molecule has 3 aromatic rings. The molecule has 1 heterocycles. The number of hydrogen-bond acceptors (Lipinski definition) is 5. The highest BCUT2D eigenvalue weighted by atomic mass is 16.5. The first kappa shape index (κ1) is 15.7. The Kier molecular flexibility index (Phi) is 4.86. The molecule has 3 rings (SSSR count). The Morgan fingerprint density at radius 2 is 1.96 bits per heavy atom. The van der Waals surface area contributed by atoms with Crippen LogP contribution < -0.4 is 9.47 Å². The van der Waals surface area contributed by atoms with Crippen LogP contribution >= 0.6 is 0 Å². The molecule has 1 aromatic heterocycles. The molecule has 0 radical (unpaired) electrons. The van der Waals surface area contributed by atoms with Crippen molar-refractivity contribution in [2.75, 3.05) is 13.7 Å². The maximum Gasteiger partial charge on any atom is 0.184 e. The van der Waals surface area contributed by atoms with Crippen LogP contribution in [0.15, 0.2) is 60.0 Å². The van der Waals surface area contributed by atoms with E-state index in [-0.39, 0.29) is 0 Å². The van der Waals surface area contributed by atoms with E-state index in [0.29, 0.717) is 23.9 Å². The van der Waals surface area contributed by atoms with E-state index in [1.807, 2.05) is 55.5 Å². The standard InChI is InChI=1S/C18H18N4O2/c1-3-24-16-10-9-14(11-17(16)23-2)12-20-22-13-19-21-18(22)15-7-5-4-6-8-15/h4-13H,3H2,1-2H3/b20-12-. The van der Waals surface area contributed by atoms with Gasteiger partial charge in [0.2, 0.25) is 0 Å². The van der Waals surface area contributed by atoms with Crippen LogP contribution in [-0.4, -0.2) is 34.8 Å². The van der Waals surface area contributed by atoms with Crippen molar-refractivity contribution in [3.8, 4) is 22.9 Å². The minimum absolute atomic E-state index is 0.588. The van der Waals surface area contributed by atoms with Gasteiger partial charge in [-0.1, -0.05) is 30.3 Å². The molecular formula is C18H18N4O2. The summed E-state index contributed by atoms with van der Waals surface area (Å²) in [6.45, 7) is 2.52. The van der Waals surface area contributed by atoms with Crippen LogP contribution in [0.25, 0.3) is 11.4 Å². The van der Waals surface area contributed by atoms with Crippen molar-refractivity contribution in [1.29, 1.82) is 0 Å². The molecule has 0 aliphatic carbocycles. The Hall–Kier alpha value is -3.15. The van der Waals surface area contributed by atoms with Gasteiger partial charge in [-0.2, -0.15) is 9.78 Å². The van der Waals surface area contributed by atoms with E-state index in [0.717, 1.165) is 11.1 Å². The fraction of sp³-hybridized carbons (Fsp3) is 0.167. The molecule has 6 heteroatoms. The molecule has 0 spiro atoms. The molecule has 0 atom stereocenters. The van der Waals surface area contributed by atoms with Gasteiger partial charge in [0.05, 0.1) is 19.9 Å². The maximum atomic E-state index is 5.52. The first-order chi connectivity index (χ1) is 11.8. The lowest BCUT2D eigenvalue weighted by Crippen LogP contribution is -1.97. The second kappa shape index (κ2) is 7.41. The van der Waals surface area contributed by atoms with E-state index in [9.17, 15) is 0 Å². The summed E-state index contributed by atoms with van der Waals surface area (Å²) in [7, 11) is 1.62. The maximum absolute atomic E-state index is 5.52. The van der Waals surface area contributed by atoms with Gasteiger partial charge >= 0.3 is 0 Å². The zero-order valence-electron chi connectivity index (χ0n) is 13.6. The lowest BCUT2D eigenvalue weighted by Gasteiger charge is -2.09. The van der Waals surface area contributed by atoms with E-state index in [1.165, 1.54) is 0 Å². The van der Waals surface area contributed by atoms with Crippen molar-refractivity contribution in [1.82, 2.24) is 14.9 Å². The van der Waals surface area contributed by atoms with Gasteiger partial charge in [0.1, 0.15) is 6.33 Å². The van der Waals surface area contributed by atoms with Gasteiger partial charge in [-0.05, 0) is 30.7 Å². The van der Waals surface area contributed by atoms with Crippen molar-refractivity contribution in [2.45, 2.75) is 6.92 Å². The van der Waals surface area contributed by atoms with Crippen molar-refractivity contribution >= 4 is 6.21 Å². The van der Waals surface area contributed by atoms with E-state index in [4.69, 9.17) is 9.47 Å². The number of aromatic nitrogens is 3. The van der Waals surface area contributed by atoms with Crippen molar-refractivity contribution < 1.29 is 9.47 Å². The average molecular weight is 322 g/mol. The molecule has 0 saturated heterocycles. The predicted octanol–water partition coefficient (Wildman–Crippen LogP) is 3.23. The number of nitrogens with zero attached hydrogens (tertiary/aromatic N) is 4. The zero-order chi connectivity index (χ0) is 16.8. The summed E-state index contributed by atoms with van der Waals surface area (Å²) in [5, 5.41) is 12.5. The van der Waals surface area contributed by atoms with Crippen LogP contribution in [0.5, 0.6) is 11.5 Å². The highest BCUT2D eigenvalue weighted by molar-refractivity contribution is 5.81. The second-order valence-corrected chi connectivity index (χ2v) is 4.95. The van der Waals surface area contributed by atoms with E-state index in [2.05, 4.69) is 15.3 Å². The molecule has 0 bridgehead atoms. The van der Waals surface area contributed by atoms with Crippen LogP contribution in [0.4, 0.5) is 0 Å². The Labute approximate surface area is 140 Å². The lowest BCUT2D eigenvalue weighted by atomic mass is 10.2. The van der Waals surface area contributed by atoms with Crippen LogP contribution in [0.2, 0.25) is 0 Å².